The zero-order chi connectivity index (χ0) is 40.8. The van der Waals surface area contributed by atoms with Gasteiger partial charge in [-0.15, -0.1) is 0 Å². The van der Waals surface area contributed by atoms with Crippen LogP contribution >= 0.6 is 12.0 Å². The van der Waals surface area contributed by atoms with Gasteiger partial charge in [-0.05, 0) is 81.5 Å². The average molecular weight is 854 g/mol. The highest BCUT2D eigenvalue weighted by Gasteiger charge is 2.54. The third-order valence-electron chi connectivity index (χ3n) is 11.0. The summed E-state index contributed by atoms with van der Waals surface area (Å²) in [6, 6.07) is 9.65. The Balaban J connectivity index is 1.35. The molecule has 2 aromatic rings. The molecule has 2 aliphatic heterocycles. The number of allylic oxidation sites excluding steroid dienone is 8. The fourth-order valence-electron chi connectivity index (χ4n) is 8.83. The standard InChI is InChI=1S/C37H44N2O13S4/c1-24(8-9-25-14-17-36(2)30-18-28(53-52-42)10-12-32(30)39(35(25)36)21-27(41)23-55(46,47)48)6-5-7-34-37(15-3-4-16-37)31-19-29(56(49,50)51)11-13-33(31)38(34)20-26(40)22-54(43,44)45/h5-13,18-19,26-27,40-41H,3-4,14-17,20-23H2,1-2H3,(H3-,42,43,44,45,46,47,48,49,50,51)/p+1. The molecule has 1 spiro atoms. The van der Waals surface area contributed by atoms with Crippen molar-refractivity contribution in [2.24, 2.45) is 0 Å². The maximum Gasteiger partial charge on any atom is 0.294 e. The van der Waals surface area contributed by atoms with Gasteiger partial charge in [0.25, 0.3) is 30.4 Å². The van der Waals surface area contributed by atoms with Crippen LogP contribution in [0.15, 0.2) is 93.4 Å². The van der Waals surface area contributed by atoms with Gasteiger partial charge in [0.1, 0.15) is 17.6 Å². The smallest absolute Gasteiger partial charge is 0.294 e. The Morgan fingerprint density at radius 1 is 0.929 bits per heavy atom. The second kappa shape index (κ2) is 15.9. The Labute approximate surface area is 330 Å². The van der Waals surface area contributed by atoms with E-state index in [0.29, 0.717) is 47.5 Å². The van der Waals surface area contributed by atoms with E-state index in [0.717, 1.165) is 53.0 Å². The van der Waals surface area contributed by atoms with E-state index < -0.39 is 64.9 Å². The summed E-state index contributed by atoms with van der Waals surface area (Å²) in [7, 11) is -13.5. The second-order valence-corrected chi connectivity index (χ2v) is 20.2. The topological polar surface area (TPSA) is 239 Å². The summed E-state index contributed by atoms with van der Waals surface area (Å²) in [4.78, 5) is 2.11. The van der Waals surface area contributed by atoms with E-state index in [1.54, 1.807) is 11.0 Å². The second-order valence-electron chi connectivity index (χ2n) is 15.0. The van der Waals surface area contributed by atoms with Gasteiger partial charge in [-0.2, -0.15) is 34.2 Å². The summed E-state index contributed by atoms with van der Waals surface area (Å²) < 4.78 is 106. The van der Waals surface area contributed by atoms with Crippen molar-refractivity contribution in [3.8, 4) is 0 Å². The monoisotopic (exact) mass is 853 g/mol. The van der Waals surface area contributed by atoms with Gasteiger partial charge >= 0.3 is 0 Å². The zero-order valence-electron chi connectivity index (χ0n) is 30.6. The van der Waals surface area contributed by atoms with Crippen LogP contribution in [0.25, 0.3) is 0 Å². The van der Waals surface area contributed by atoms with Crippen LogP contribution in [-0.4, -0.2) is 101 Å². The van der Waals surface area contributed by atoms with Gasteiger partial charge in [0.05, 0.1) is 28.5 Å². The Kier molecular flexibility index (Phi) is 12.0. The first kappa shape index (κ1) is 42.4. The number of aliphatic hydroxyl groups excluding tert-OH is 2. The number of β-amino-alcohol motifs (C(OH)–C–C–N with tert-alkyl or cyclic N) is 2. The van der Waals surface area contributed by atoms with Gasteiger partial charge in [-0.3, -0.25) is 13.7 Å². The minimum Gasteiger partial charge on any atom is -0.390 e. The summed E-state index contributed by atoms with van der Waals surface area (Å²) in [5, 5.41) is 30.5. The first-order valence-electron chi connectivity index (χ1n) is 17.9. The molecule has 6 rings (SSSR count). The van der Waals surface area contributed by atoms with E-state index in [4.69, 9.17) is 5.26 Å². The molecule has 3 unspecified atom stereocenters. The summed E-state index contributed by atoms with van der Waals surface area (Å²) in [5.41, 5.74) is 5.05. The van der Waals surface area contributed by atoms with Gasteiger partial charge in [0.15, 0.2) is 12.3 Å². The normalized spacial score (nSPS) is 23.5. The highest BCUT2D eigenvalue weighted by molar-refractivity contribution is 7.94. The van der Waals surface area contributed by atoms with E-state index in [-0.39, 0.29) is 18.0 Å². The van der Waals surface area contributed by atoms with E-state index in [2.05, 4.69) is 11.3 Å². The lowest BCUT2D eigenvalue weighted by Crippen LogP contribution is -2.37. The van der Waals surface area contributed by atoms with Crippen molar-refractivity contribution >= 4 is 59.5 Å². The molecule has 2 heterocycles. The number of benzene rings is 2. The molecule has 3 atom stereocenters. The fourth-order valence-corrected chi connectivity index (χ4v) is 10.9. The molecule has 2 saturated carbocycles. The summed E-state index contributed by atoms with van der Waals surface area (Å²) in [6.07, 6.45) is 10.8. The zero-order valence-corrected chi connectivity index (χ0v) is 33.9. The number of hydrogen-bond acceptors (Lipinski definition) is 12. The number of nitrogens with zero attached hydrogens (tertiary/aromatic N) is 2. The minimum absolute atomic E-state index is 0.0977. The van der Waals surface area contributed by atoms with Gasteiger partial charge in [0.2, 0.25) is 5.69 Å². The molecular weight excluding hydrogens is 809 g/mol. The summed E-state index contributed by atoms with van der Waals surface area (Å²) in [5.74, 6) is -1.73. The van der Waals surface area contributed by atoms with Crippen molar-refractivity contribution in [1.29, 1.82) is 0 Å². The van der Waals surface area contributed by atoms with Gasteiger partial charge < -0.3 is 15.1 Å². The maximum atomic E-state index is 12.1. The van der Waals surface area contributed by atoms with Crippen LogP contribution in [0.2, 0.25) is 0 Å². The number of fused-ring (bicyclic) bond motifs is 5. The predicted octanol–water partition coefficient (Wildman–Crippen LogP) is 4.72. The molecule has 0 radical (unpaired) electrons. The Hall–Kier alpha value is -3.21. The minimum atomic E-state index is -4.53. The Morgan fingerprint density at radius 2 is 1.61 bits per heavy atom. The molecule has 2 aliphatic carbocycles. The van der Waals surface area contributed by atoms with Crippen molar-refractivity contribution in [1.82, 2.24) is 0 Å². The first-order valence-corrected chi connectivity index (χ1v) is 23.3. The van der Waals surface area contributed by atoms with E-state index in [1.165, 1.54) is 18.2 Å². The third kappa shape index (κ3) is 8.77. The molecule has 15 nitrogen and oxygen atoms in total. The Morgan fingerprint density at radius 3 is 2.25 bits per heavy atom. The average Bonchev–Trinajstić information content (AvgIpc) is 3.81. The van der Waals surface area contributed by atoms with Gasteiger partial charge in [-0.1, -0.05) is 42.7 Å². The molecule has 6 N–H and O–H groups in total. The maximum absolute atomic E-state index is 12.1. The van der Waals surface area contributed by atoms with Crippen LogP contribution in [0.1, 0.15) is 63.5 Å². The fraction of sp³-hybridized carbons (Fsp3) is 0.432. The highest BCUT2D eigenvalue weighted by atomic mass is 32.2. The molecule has 4 aliphatic rings. The van der Waals surface area contributed by atoms with E-state index in [1.807, 2.05) is 54.0 Å². The lowest BCUT2D eigenvalue weighted by atomic mass is 9.78. The van der Waals surface area contributed by atoms with Crippen LogP contribution < -0.4 is 4.90 Å². The van der Waals surface area contributed by atoms with Crippen LogP contribution in [0.5, 0.6) is 0 Å². The molecule has 2 aromatic carbocycles. The van der Waals surface area contributed by atoms with Crippen molar-refractivity contribution in [3.05, 3.63) is 94.7 Å². The first-order chi connectivity index (χ1) is 26.1. The molecule has 0 bridgehead atoms. The van der Waals surface area contributed by atoms with E-state index >= 15 is 0 Å². The molecule has 304 valence electrons. The van der Waals surface area contributed by atoms with Crippen molar-refractivity contribution in [2.75, 3.05) is 29.5 Å². The van der Waals surface area contributed by atoms with Crippen LogP contribution in [0.3, 0.4) is 0 Å². The molecule has 0 amide bonds. The summed E-state index contributed by atoms with van der Waals surface area (Å²) >= 11 is 0.783. The van der Waals surface area contributed by atoms with E-state index in [9.17, 15) is 49.1 Å². The molecule has 56 heavy (non-hydrogen) atoms. The third-order valence-corrected chi connectivity index (χ3v) is 14.0. The van der Waals surface area contributed by atoms with Crippen LogP contribution in [0, 0.1) is 0 Å². The highest BCUT2D eigenvalue weighted by Crippen LogP contribution is 2.57. The predicted molar refractivity (Wildman–Crippen MR) is 210 cm³/mol. The lowest BCUT2D eigenvalue weighted by molar-refractivity contribution is -0.448. The number of rotatable bonds is 14. The SMILES string of the molecule is CC(C=CC=C1N(CC(O)CS(=O)(=O)O)c2ccc(S(=O)(=O)O)cc2C12CCCC2)=CC=C1CCC2(C)C1=[N+](CC(O)CS(=O)(=O)O)c1ccc(SOO)cc12. The molecule has 0 aromatic heterocycles. The molecule has 2 fully saturated rings. The van der Waals surface area contributed by atoms with Gasteiger partial charge in [0, 0.05) is 45.4 Å². The Bertz CT molecular complexity index is 2400. The van der Waals surface area contributed by atoms with Crippen molar-refractivity contribution in [3.63, 3.8) is 0 Å². The number of aliphatic hydroxyl groups is 2. The van der Waals surface area contributed by atoms with Gasteiger partial charge in [-0.25, -0.2) is 5.26 Å². The van der Waals surface area contributed by atoms with Crippen molar-refractivity contribution in [2.45, 2.75) is 85.2 Å². The van der Waals surface area contributed by atoms with Crippen molar-refractivity contribution < 1.29 is 63.3 Å². The molecule has 0 saturated heterocycles. The van der Waals surface area contributed by atoms with Crippen LogP contribution in [0.4, 0.5) is 11.4 Å². The largest absolute Gasteiger partial charge is 0.390 e. The number of hydrogen-bond donors (Lipinski definition) is 6. The lowest BCUT2D eigenvalue weighted by Gasteiger charge is -2.31. The molecular formula is C37H45N2O13S4+. The number of anilines is 1. The summed E-state index contributed by atoms with van der Waals surface area (Å²) in [6.45, 7) is 3.65. The van der Waals surface area contributed by atoms with Crippen LogP contribution in [-0.2, 0) is 45.5 Å². The quantitative estimate of drug-likeness (QED) is 0.0376. The molecule has 19 heteroatoms.